The molecular formula is C66H100S4Si4. The fourth-order valence-electron chi connectivity index (χ4n) is 17.6. The van der Waals surface area contributed by atoms with E-state index in [-0.39, 0.29) is 0 Å². The highest BCUT2D eigenvalue weighted by atomic mass is 32.1. The van der Waals surface area contributed by atoms with Gasteiger partial charge in [0.05, 0.1) is 0 Å². The molecule has 0 saturated heterocycles. The summed E-state index contributed by atoms with van der Waals surface area (Å²) in [7, 11) is -6.71. The van der Waals surface area contributed by atoms with E-state index < -0.39 is 32.3 Å². The summed E-state index contributed by atoms with van der Waals surface area (Å²) in [5.41, 5.74) is 11.8. The van der Waals surface area contributed by atoms with Gasteiger partial charge in [0, 0.05) is 40.3 Å². The lowest BCUT2D eigenvalue weighted by atomic mass is 9.99. The molecule has 0 radical (unpaired) electrons. The van der Waals surface area contributed by atoms with Crippen LogP contribution in [0.1, 0.15) is 177 Å². The van der Waals surface area contributed by atoms with Gasteiger partial charge in [-0.05, 0) is 180 Å². The summed E-state index contributed by atoms with van der Waals surface area (Å²) in [6, 6.07) is 25.4. The third-order valence-corrected chi connectivity index (χ3v) is 56.5. The number of hydrogen-bond acceptors (Lipinski definition) is 4. The maximum Gasteiger partial charge on any atom is 0.107 e. The summed E-state index contributed by atoms with van der Waals surface area (Å²) >= 11 is 8.47. The van der Waals surface area contributed by atoms with Crippen LogP contribution in [-0.4, -0.2) is 32.3 Å². The zero-order valence-electron chi connectivity index (χ0n) is 51.3. The van der Waals surface area contributed by atoms with Crippen LogP contribution >= 0.6 is 45.3 Å². The van der Waals surface area contributed by atoms with E-state index in [2.05, 4.69) is 286 Å². The lowest BCUT2D eigenvalue weighted by Gasteiger charge is -2.42. The van der Waals surface area contributed by atoms with E-state index in [4.69, 9.17) is 0 Å². The molecule has 74 heavy (non-hydrogen) atoms. The molecule has 0 bridgehead atoms. The van der Waals surface area contributed by atoms with Crippen LogP contribution in [0.15, 0.2) is 60.7 Å². The summed E-state index contributed by atoms with van der Waals surface area (Å²) in [6.07, 6.45) is 0. The zero-order valence-corrected chi connectivity index (χ0v) is 58.6. The second-order valence-electron chi connectivity index (χ2n) is 27.0. The van der Waals surface area contributed by atoms with Crippen molar-refractivity contribution in [2.75, 3.05) is 0 Å². The Bertz CT molecular complexity index is 2960. The Morgan fingerprint density at radius 3 is 0.689 bits per heavy atom. The summed E-state index contributed by atoms with van der Waals surface area (Å²) in [5, 5.41) is 11.9. The maximum absolute atomic E-state index is 2.66. The average molecular weight is 1130 g/mol. The number of rotatable bonds is 16. The molecule has 0 aliphatic rings. The van der Waals surface area contributed by atoms with Crippen LogP contribution < -0.4 is 18.0 Å². The van der Waals surface area contributed by atoms with Crippen molar-refractivity contribution in [1.29, 1.82) is 0 Å². The minimum Gasteiger partial charge on any atom is -0.145 e. The lowest BCUT2D eigenvalue weighted by Crippen LogP contribution is -2.54. The van der Waals surface area contributed by atoms with Crippen molar-refractivity contribution < 1.29 is 0 Å². The van der Waals surface area contributed by atoms with E-state index in [1.165, 1.54) is 73.0 Å². The van der Waals surface area contributed by atoms with Crippen molar-refractivity contribution in [1.82, 2.24) is 0 Å². The Morgan fingerprint density at radius 1 is 0.243 bits per heavy atom. The van der Waals surface area contributed by atoms with E-state index in [9.17, 15) is 0 Å². The van der Waals surface area contributed by atoms with Crippen molar-refractivity contribution in [3.8, 4) is 0 Å². The normalized spacial score (nSPS) is 13.9. The van der Waals surface area contributed by atoms with E-state index in [0.29, 0.717) is 0 Å². The largest absolute Gasteiger partial charge is 0.145 e. The minimum absolute atomic E-state index is 0.733. The predicted molar refractivity (Wildman–Crippen MR) is 362 cm³/mol. The van der Waals surface area contributed by atoms with Crippen molar-refractivity contribution in [2.45, 2.75) is 247 Å². The first-order valence-corrected chi connectivity index (χ1v) is 41.4. The van der Waals surface area contributed by atoms with Gasteiger partial charge in [0.25, 0.3) is 0 Å². The Hall–Kier alpha value is -1.89. The SMILES string of the molecule is CC(C)[Si](c1cc2c(ccc3c4cc([Si](C(C)C)(C(C)C)C(C)C)sc4ccc23)s1)(C(C)C)C(C)C.Cc1cc2c3cc([Si](C(C)C)(C(C)C)C(C)C)sc3c(C)cc2c2cc([Si](C(C)C)(C(C)C)C(C)C)sc12. The summed E-state index contributed by atoms with van der Waals surface area (Å²) in [4.78, 5) is 0. The third-order valence-electron chi connectivity index (χ3n) is 20.1. The molecule has 8 aromatic rings. The second-order valence-corrected chi connectivity index (χ2v) is 56.2. The molecule has 0 saturated carbocycles. The topological polar surface area (TPSA) is 0 Å². The molecule has 404 valence electrons. The van der Waals surface area contributed by atoms with E-state index >= 15 is 0 Å². The molecule has 4 aromatic carbocycles. The van der Waals surface area contributed by atoms with Gasteiger partial charge in [-0.15, -0.1) is 45.3 Å². The van der Waals surface area contributed by atoms with Crippen LogP contribution in [0.5, 0.6) is 0 Å². The van der Waals surface area contributed by atoms with Gasteiger partial charge in [0.15, 0.2) is 0 Å². The van der Waals surface area contributed by atoms with Crippen LogP contribution in [0.3, 0.4) is 0 Å². The summed E-state index contributed by atoms with van der Waals surface area (Å²) in [5.74, 6) is 0. The van der Waals surface area contributed by atoms with Gasteiger partial charge in [-0.3, -0.25) is 0 Å². The predicted octanol–water partition coefficient (Wildman–Crippen LogP) is 22.7. The molecule has 0 fully saturated rings. The molecule has 0 nitrogen and oxygen atoms in total. The fraction of sp³-hybridized carbons (Fsp3) is 0.576. The van der Waals surface area contributed by atoms with Crippen molar-refractivity contribution >= 4 is 158 Å². The van der Waals surface area contributed by atoms with Crippen LogP contribution in [0.25, 0.3) is 61.9 Å². The molecule has 0 aliphatic heterocycles. The van der Waals surface area contributed by atoms with Gasteiger partial charge in [-0.2, -0.15) is 0 Å². The molecule has 0 atom stereocenters. The molecule has 8 rings (SSSR count). The summed E-state index contributed by atoms with van der Waals surface area (Å²) < 4.78 is 12.9. The van der Waals surface area contributed by atoms with Crippen LogP contribution in [0.4, 0.5) is 0 Å². The Morgan fingerprint density at radius 2 is 0.459 bits per heavy atom. The van der Waals surface area contributed by atoms with E-state index in [0.717, 1.165) is 66.5 Å². The Labute approximate surface area is 472 Å². The second kappa shape index (κ2) is 22.0. The van der Waals surface area contributed by atoms with Crippen LogP contribution in [-0.2, 0) is 0 Å². The molecule has 0 aliphatic carbocycles. The van der Waals surface area contributed by atoms with Gasteiger partial charge in [0.2, 0.25) is 0 Å². The van der Waals surface area contributed by atoms with E-state index in [1.54, 1.807) is 18.0 Å². The molecule has 0 unspecified atom stereocenters. The number of thiophene rings is 4. The van der Waals surface area contributed by atoms with Gasteiger partial charge in [-0.1, -0.05) is 178 Å². The monoisotopic (exact) mass is 1130 g/mol. The number of fused-ring (bicyclic) bond motifs is 10. The maximum atomic E-state index is 2.66. The standard InChI is InChI=1S/C34H52S2Si2.C32H48S2Si2/c1-19(2)37(20(3)4,21(5)6)31-17-29-27-16-26(14)34-30(28(27)15-25(13)33(29)35-31)18-32(36-34)38(22(7)8,23(9)10)24(11)12;1-19(2)35(20(3)4,21(5)6)31-17-27-25-14-16-30-28(26(25)13-15-29(27)33-31)18-32(34-30)36(22(7)8,23(9)10)24(11)12/h15-24H,1-14H3;13-24H,1-12H3. The molecule has 4 aromatic heterocycles. The molecular weight excluding hydrogens is 1030 g/mol. The van der Waals surface area contributed by atoms with Crippen molar-refractivity contribution in [3.05, 3.63) is 71.8 Å². The van der Waals surface area contributed by atoms with E-state index in [1.807, 2.05) is 0 Å². The van der Waals surface area contributed by atoms with Gasteiger partial charge >= 0.3 is 0 Å². The van der Waals surface area contributed by atoms with Crippen LogP contribution in [0.2, 0.25) is 66.5 Å². The molecule has 4 heterocycles. The van der Waals surface area contributed by atoms with Gasteiger partial charge in [-0.25, -0.2) is 0 Å². The quantitative estimate of drug-likeness (QED) is 0.0846. The van der Waals surface area contributed by atoms with Crippen molar-refractivity contribution in [3.63, 3.8) is 0 Å². The molecule has 8 heteroatoms. The van der Waals surface area contributed by atoms with Crippen molar-refractivity contribution in [2.24, 2.45) is 0 Å². The molecule has 0 N–H and O–H groups in total. The highest BCUT2D eigenvalue weighted by molar-refractivity contribution is 7.34. The highest BCUT2D eigenvalue weighted by Gasteiger charge is 2.49. The van der Waals surface area contributed by atoms with Crippen LogP contribution in [0, 0.1) is 13.8 Å². The first-order chi connectivity index (χ1) is 34.4. The summed E-state index contributed by atoms with van der Waals surface area (Å²) in [6.45, 7) is 64.5. The Kier molecular flexibility index (Phi) is 17.7. The molecule has 0 spiro atoms. The smallest absolute Gasteiger partial charge is 0.107 e. The minimum atomic E-state index is -1.70. The first kappa shape index (κ1) is 59.8. The number of hydrogen-bond donors (Lipinski definition) is 0. The van der Waals surface area contributed by atoms with Gasteiger partial charge in [0.1, 0.15) is 32.3 Å². The van der Waals surface area contributed by atoms with Gasteiger partial charge < -0.3 is 0 Å². The Balaban J connectivity index is 0.000000217. The number of benzene rings is 4. The third kappa shape index (κ3) is 9.07. The average Bonchev–Trinajstić information content (AvgIpc) is 4.09. The first-order valence-electron chi connectivity index (χ1n) is 29.2. The highest BCUT2D eigenvalue weighted by Crippen LogP contribution is 2.50. The number of aryl methyl sites for hydroxylation is 2. The lowest BCUT2D eigenvalue weighted by molar-refractivity contribution is 0.837. The fourth-order valence-corrected chi connectivity index (χ4v) is 58.1. The molecule has 0 amide bonds. The zero-order chi connectivity index (χ0) is 55.2.